The number of nitrogens with zero attached hydrogens (tertiary/aromatic N) is 2. The molecule has 2 rings (SSSR count). The Hall–Kier alpha value is -0.700. The van der Waals surface area contributed by atoms with Crippen molar-refractivity contribution in [3.8, 4) is 0 Å². The monoisotopic (exact) mass is 181 g/mol. The minimum absolute atomic E-state index is 0.724. The highest BCUT2D eigenvalue weighted by molar-refractivity contribution is 4.92. The maximum absolute atomic E-state index is 3.52. The van der Waals surface area contributed by atoms with Gasteiger partial charge in [0, 0.05) is 31.5 Å². The Bertz CT molecular complexity index is 185. The lowest BCUT2D eigenvalue weighted by molar-refractivity contribution is 0.256. The molecule has 0 aromatic heterocycles. The lowest BCUT2D eigenvalue weighted by Gasteiger charge is -2.23. The van der Waals surface area contributed by atoms with Gasteiger partial charge in [0.15, 0.2) is 0 Å². The fourth-order valence-electron chi connectivity index (χ4n) is 2.04. The van der Waals surface area contributed by atoms with Crippen LogP contribution in [0.1, 0.15) is 19.8 Å². The van der Waals surface area contributed by atoms with E-state index < -0.39 is 0 Å². The average Bonchev–Trinajstić information content (AvgIpc) is 2.76. The molecule has 0 aromatic carbocycles. The summed E-state index contributed by atoms with van der Waals surface area (Å²) in [5, 5.41) is 3.52. The highest BCUT2D eigenvalue weighted by atomic mass is 15.3. The van der Waals surface area contributed by atoms with Crippen LogP contribution in [0.2, 0.25) is 0 Å². The third-order valence-corrected chi connectivity index (χ3v) is 2.88. The first-order valence-electron chi connectivity index (χ1n) is 5.28. The van der Waals surface area contributed by atoms with Gasteiger partial charge in [-0.3, -0.25) is 0 Å². The van der Waals surface area contributed by atoms with Crippen LogP contribution in [0, 0.1) is 0 Å². The van der Waals surface area contributed by atoms with Gasteiger partial charge in [-0.05, 0) is 26.3 Å². The first kappa shape index (κ1) is 8.88. The second-order valence-electron chi connectivity index (χ2n) is 3.91. The van der Waals surface area contributed by atoms with E-state index in [0.29, 0.717) is 0 Å². The zero-order chi connectivity index (χ0) is 9.10. The lowest BCUT2D eigenvalue weighted by Crippen LogP contribution is -2.36. The standard InChI is InChI=1S/C10H19N3/c1-2-12-6-7-13(9-12)8-10-4-3-5-11-10/h6-7,10-11H,2-5,8-9H2,1H3/t10-/m0/s1. The van der Waals surface area contributed by atoms with E-state index >= 15 is 0 Å². The molecule has 13 heavy (non-hydrogen) atoms. The van der Waals surface area contributed by atoms with Crippen LogP contribution < -0.4 is 5.32 Å². The Kier molecular flexibility index (Phi) is 2.74. The Morgan fingerprint density at radius 2 is 2.23 bits per heavy atom. The van der Waals surface area contributed by atoms with E-state index in [4.69, 9.17) is 0 Å². The van der Waals surface area contributed by atoms with Crippen molar-refractivity contribution >= 4 is 0 Å². The number of rotatable bonds is 3. The van der Waals surface area contributed by atoms with Gasteiger partial charge in [-0.15, -0.1) is 0 Å². The van der Waals surface area contributed by atoms with Crippen molar-refractivity contribution in [1.29, 1.82) is 0 Å². The van der Waals surface area contributed by atoms with Crippen LogP contribution in [0.25, 0.3) is 0 Å². The Balaban J connectivity index is 1.74. The molecule has 0 radical (unpaired) electrons. The first-order chi connectivity index (χ1) is 6.38. The van der Waals surface area contributed by atoms with Crippen LogP contribution in [0.15, 0.2) is 12.4 Å². The highest BCUT2D eigenvalue weighted by Crippen LogP contribution is 2.11. The van der Waals surface area contributed by atoms with E-state index in [1.54, 1.807) is 0 Å². The van der Waals surface area contributed by atoms with E-state index in [1.807, 2.05) is 0 Å². The maximum atomic E-state index is 3.52. The van der Waals surface area contributed by atoms with Gasteiger partial charge in [0.25, 0.3) is 0 Å². The van der Waals surface area contributed by atoms with Gasteiger partial charge in [-0.2, -0.15) is 0 Å². The molecule has 0 aromatic rings. The van der Waals surface area contributed by atoms with Gasteiger partial charge >= 0.3 is 0 Å². The van der Waals surface area contributed by atoms with E-state index in [2.05, 4.69) is 34.4 Å². The van der Waals surface area contributed by atoms with Crippen LogP contribution in [0.3, 0.4) is 0 Å². The van der Waals surface area contributed by atoms with Crippen molar-refractivity contribution < 1.29 is 0 Å². The van der Waals surface area contributed by atoms with Crippen LogP contribution >= 0.6 is 0 Å². The molecule has 3 nitrogen and oxygen atoms in total. The van der Waals surface area contributed by atoms with Crippen LogP contribution in [-0.4, -0.2) is 42.1 Å². The maximum Gasteiger partial charge on any atom is 0.0894 e. The fourth-order valence-corrected chi connectivity index (χ4v) is 2.04. The number of hydrogen-bond donors (Lipinski definition) is 1. The molecule has 1 N–H and O–H groups in total. The first-order valence-corrected chi connectivity index (χ1v) is 5.28. The zero-order valence-electron chi connectivity index (χ0n) is 8.37. The molecule has 2 aliphatic rings. The van der Waals surface area contributed by atoms with Gasteiger partial charge in [0.1, 0.15) is 0 Å². The van der Waals surface area contributed by atoms with Crippen LogP contribution in [-0.2, 0) is 0 Å². The van der Waals surface area contributed by atoms with E-state index in [-0.39, 0.29) is 0 Å². The second kappa shape index (κ2) is 4.01. The normalized spacial score (nSPS) is 27.6. The molecule has 2 heterocycles. The molecule has 1 atom stereocenters. The van der Waals surface area contributed by atoms with Crippen molar-refractivity contribution in [2.45, 2.75) is 25.8 Å². The minimum Gasteiger partial charge on any atom is -0.359 e. The predicted octanol–water partition coefficient (Wildman–Crippen LogP) is 0.805. The third-order valence-electron chi connectivity index (χ3n) is 2.88. The molecule has 0 saturated carbocycles. The molecular weight excluding hydrogens is 162 g/mol. The Morgan fingerprint density at radius 1 is 1.38 bits per heavy atom. The van der Waals surface area contributed by atoms with E-state index in [9.17, 15) is 0 Å². The molecule has 74 valence electrons. The minimum atomic E-state index is 0.724. The smallest absolute Gasteiger partial charge is 0.0894 e. The van der Waals surface area contributed by atoms with Gasteiger partial charge in [-0.25, -0.2) is 0 Å². The molecule has 3 heteroatoms. The Labute approximate surface area is 80.4 Å². The molecule has 1 saturated heterocycles. The summed E-state index contributed by atoms with van der Waals surface area (Å²) in [6.45, 7) is 6.77. The fraction of sp³-hybridized carbons (Fsp3) is 0.800. The Morgan fingerprint density at radius 3 is 2.85 bits per heavy atom. The summed E-state index contributed by atoms with van der Waals surface area (Å²) in [7, 11) is 0. The van der Waals surface area contributed by atoms with E-state index in [0.717, 1.165) is 19.3 Å². The quantitative estimate of drug-likeness (QED) is 0.695. The third kappa shape index (κ3) is 2.15. The average molecular weight is 181 g/mol. The highest BCUT2D eigenvalue weighted by Gasteiger charge is 2.18. The van der Waals surface area contributed by atoms with Crippen molar-refractivity contribution in [1.82, 2.24) is 15.1 Å². The van der Waals surface area contributed by atoms with Gasteiger partial charge in [0.05, 0.1) is 6.67 Å². The summed E-state index contributed by atoms with van der Waals surface area (Å²) < 4.78 is 0. The molecular formula is C10H19N3. The van der Waals surface area contributed by atoms with Crippen molar-refractivity contribution in [2.24, 2.45) is 0 Å². The molecule has 0 amide bonds. The van der Waals surface area contributed by atoms with Gasteiger partial charge < -0.3 is 15.1 Å². The van der Waals surface area contributed by atoms with Gasteiger partial charge in [-0.1, -0.05) is 0 Å². The largest absolute Gasteiger partial charge is 0.359 e. The van der Waals surface area contributed by atoms with Crippen molar-refractivity contribution in [3.63, 3.8) is 0 Å². The molecule has 0 unspecified atom stereocenters. The molecule has 1 fully saturated rings. The van der Waals surface area contributed by atoms with Gasteiger partial charge in [0.2, 0.25) is 0 Å². The summed E-state index contributed by atoms with van der Waals surface area (Å²) in [4.78, 5) is 4.72. The van der Waals surface area contributed by atoms with Crippen molar-refractivity contribution in [2.75, 3.05) is 26.3 Å². The summed E-state index contributed by atoms with van der Waals surface area (Å²) in [5.41, 5.74) is 0. The topological polar surface area (TPSA) is 18.5 Å². The van der Waals surface area contributed by atoms with Crippen LogP contribution in [0.4, 0.5) is 0 Å². The van der Waals surface area contributed by atoms with Crippen LogP contribution in [0.5, 0.6) is 0 Å². The molecule has 0 spiro atoms. The molecule has 2 aliphatic heterocycles. The molecule has 0 aliphatic carbocycles. The van der Waals surface area contributed by atoms with E-state index in [1.165, 1.54) is 25.9 Å². The number of nitrogens with one attached hydrogen (secondary N) is 1. The predicted molar refractivity (Wildman–Crippen MR) is 54.1 cm³/mol. The summed E-state index contributed by atoms with van der Waals surface area (Å²) in [6.07, 6.45) is 7.09. The molecule has 0 bridgehead atoms. The second-order valence-corrected chi connectivity index (χ2v) is 3.91. The number of hydrogen-bond acceptors (Lipinski definition) is 3. The SMILES string of the molecule is CCN1C=CN(C[C@@H]2CCCN2)C1. The lowest BCUT2D eigenvalue weighted by atomic mass is 10.2. The summed E-state index contributed by atoms with van der Waals surface area (Å²) in [5.74, 6) is 0. The zero-order valence-corrected chi connectivity index (χ0v) is 8.37. The summed E-state index contributed by atoms with van der Waals surface area (Å²) >= 11 is 0. The summed E-state index contributed by atoms with van der Waals surface area (Å²) in [6, 6.07) is 0.724. The van der Waals surface area contributed by atoms with Crippen molar-refractivity contribution in [3.05, 3.63) is 12.4 Å².